The lowest BCUT2D eigenvalue weighted by molar-refractivity contribution is 0.0808. The Bertz CT molecular complexity index is 1310. The summed E-state index contributed by atoms with van der Waals surface area (Å²) in [6.07, 6.45) is 2.96. The third-order valence-corrected chi connectivity index (χ3v) is 6.07. The second kappa shape index (κ2) is 10.7. The van der Waals surface area contributed by atoms with E-state index in [-0.39, 0.29) is 11.7 Å². The summed E-state index contributed by atoms with van der Waals surface area (Å²) in [6.45, 7) is 6.79. The van der Waals surface area contributed by atoms with Crippen molar-refractivity contribution in [1.82, 2.24) is 20.2 Å². The van der Waals surface area contributed by atoms with E-state index in [1.54, 1.807) is 36.2 Å². The molecule has 0 spiro atoms. The van der Waals surface area contributed by atoms with Gasteiger partial charge in [-0.2, -0.15) is 0 Å². The molecule has 35 heavy (non-hydrogen) atoms. The van der Waals surface area contributed by atoms with Crippen LogP contribution in [0.15, 0.2) is 53.0 Å². The highest BCUT2D eigenvalue weighted by Gasteiger charge is 2.20. The van der Waals surface area contributed by atoms with Crippen LogP contribution >= 0.6 is 0 Å². The van der Waals surface area contributed by atoms with E-state index < -0.39 is 0 Å². The van der Waals surface area contributed by atoms with Crippen molar-refractivity contribution in [1.29, 1.82) is 0 Å². The Kier molecular flexibility index (Phi) is 7.41. The van der Waals surface area contributed by atoms with Crippen molar-refractivity contribution in [2.75, 3.05) is 45.6 Å². The summed E-state index contributed by atoms with van der Waals surface area (Å²) >= 11 is 0. The molecule has 0 unspecified atom stereocenters. The summed E-state index contributed by atoms with van der Waals surface area (Å²) in [5.74, 6) is -0.0496. The van der Waals surface area contributed by atoms with Gasteiger partial charge in [0, 0.05) is 37.8 Å². The monoisotopic (exact) mass is 472 g/mol. The molecule has 0 fully saturated rings. The summed E-state index contributed by atoms with van der Waals surface area (Å²) in [7, 11) is 3.70. The summed E-state index contributed by atoms with van der Waals surface area (Å²) in [6, 6.07) is 10.6. The molecule has 0 atom stereocenters. The van der Waals surface area contributed by atoms with Crippen LogP contribution in [0, 0.1) is 6.92 Å². The molecule has 1 aliphatic rings. The van der Waals surface area contributed by atoms with Gasteiger partial charge in [-0.15, -0.1) is 0 Å². The number of rotatable bonds is 9. The number of benzene rings is 1. The molecule has 3 aromatic rings. The molecule has 3 heterocycles. The van der Waals surface area contributed by atoms with Crippen molar-refractivity contribution >= 4 is 28.2 Å². The van der Waals surface area contributed by atoms with E-state index in [0.717, 1.165) is 42.2 Å². The summed E-state index contributed by atoms with van der Waals surface area (Å²) in [4.78, 5) is 29.3. The van der Waals surface area contributed by atoms with Gasteiger partial charge in [-0.25, -0.2) is 9.97 Å². The molecule has 8 nitrogen and oxygen atoms in total. The number of amides is 1. The van der Waals surface area contributed by atoms with Crippen molar-refractivity contribution in [2.45, 2.75) is 20.3 Å². The van der Waals surface area contributed by atoms with Gasteiger partial charge in [-0.1, -0.05) is 6.92 Å². The third-order valence-electron chi connectivity index (χ3n) is 6.07. The molecule has 182 valence electrons. The van der Waals surface area contributed by atoms with Crippen molar-refractivity contribution < 1.29 is 9.90 Å². The molecule has 1 amide bonds. The maximum atomic E-state index is 13.6. The van der Waals surface area contributed by atoms with E-state index in [9.17, 15) is 9.90 Å². The number of carbonyl (C=O) groups is 1. The van der Waals surface area contributed by atoms with Crippen LogP contribution in [0.3, 0.4) is 0 Å². The molecule has 2 aromatic heterocycles. The first-order valence-corrected chi connectivity index (χ1v) is 11.9. The quantitative estimate of drug-likeness (QED) is 0.409. The van der Waals surface area contributed by atoms with E-state index in [1.165, 1.54) is 0 Å². The number of phenolic OH excluding ortho intramolecular Hbond substituents is 1. The van der Waals surface area contributed by atoms with Crippen LogP contribution in [-0.2, 0) is 0 Å². The number of aryl methyl sites for hydroxylation is 1. The number of aliphatic imine (C=N–C) groups is 1. The summed E-state index contributed by atoms with van der Waals surface area (Å²) < 4.78 is 0. The topological polar surface area (TPSA) is 103 Å². The van der Waals surface area contributed by atoms with Crippen LogP contribution < -0.4 is 10.6 Å². The normalized spacial score (nSPS) is 13.0. The molecule has 3 N–H and O–H groups in total. The predicted molar refractivity (Wildman–Crippen MR) is 141 cm³/mol. The van der Waals surface area contributed by atoms with Crippen LogP contribution in [0.4, 0.5) is 5.69 Å². The van der Waals surface area contributed by atoms with E-state index in [0.29, 0.717) is 40.9 Å². The van der Waals surface area contributed by atoms with E-state index in [4.69, 9.17) is 9.97 Å². The van der Waals surface area contributed by atoms with Gasteiger partial charge in [0.1, 0.15) is 5.75 Å². The summed E-state index contributed by atoms with van der Waals surface area (Å²) in [5.41, 5.74) is 6.40. The Morgan fingerprint density at radius 1 is 1.11 bits per heavy atom. The number of aromatic nitrogens is 2. The standard InChI is InChI=1S/C27H32N6O2/c1-5-19-12-18(15-30-19)16-33(4)27(35)22-14-26(32-24-7-6-20(34)13-21(22)24)25-9-8-23(17(2)31-25)29-11-10-28-3/h6-9,12-14,28-29,34H,5,10-11,15-16H2,1-4H3. The van der Waals surface area contributed by atoms with Crippen LogP contribution in [0.5, 0.6) is 5.75 Å². The molecule has 0 saturated heterocycles. The number of nitrogens with zero attached hydrogens (tertiary/aromatic N) is 4. The fourth-order valence-corrected chi connectivity index (χ4v) is 4.16. The van der Waals surface area contributed by atoms with Gasteiger partial charge in [-0.3, -0.25) is 9.79 Å². The number of fused-ring (bicyclic) bond motifs is 1. The molecule has 8 heteroatoms. The Balaban J connectivity index is 1.68. The van der Waals surface area contributed by atoms with Crippen LogP contribution in [0.2, 0.25) is 0 Å². The van der Waals surface area contributed by atoms with Crippen molar-refractivity contribution in [3.8, 4) is 17.1 Å². The second-order valence-electron chi connectivity index (χ2n) is 8.74. The molecule has 0 saturated carbocycles. The van der Waals surface area contributed by atoms with Gasteiger partial charge in [0.2, 0.25) is 0 Å². The maximum absolute atomic E-state index is 13.6. The lowest BCUT2D eigenvalue weighted by Gasteiger charge is -2.19. The minimum atomic E-state index is -0.142. The molecule has 0 radical (unpaired) electrons. The first kappa shape index (κ1) is 24.3. The van der Waals surface area contributed by atoms with Gasteiger partial charge < -0.3 is 20.6 Å². The van der Waals surface area contributed by atoms with E-state index >= 15 is 0 Å². The molecule has 4 rings (SSSR count). The van der Waals surface area contributed by atoms with Crippen molar-refractivity contribution in [2.24, 2.45) is 4.99 Å². The molecule has 0 bridgehead atoms. The average molecular weight is 473 g/mol. The fourth-order valence-electron chi connectivity index (χ4n) is 4.16. The number of likely N-dealkylation sites (N-methyl/N-ethyl adjacent to an activating group) is 2. The third kappa shape index (κ3) is 5.49. The minimum absolute atomic E-state index is 0.0919. The van der Waals surface area contributed by atoms with Gasteiger partial charge >= 0.3 is 0 Å². The second-order valence-corrected chi connectivity index (χ2v) is 8.74. The predicted octanol–water partition coefficient (Wildman–Crippen LogP) is 3.81. The lowest BCUT2D eigenvalue weighted by atomic mass is 10.0. The molecular formula is C27H32N6O2. The highest BCUT2D eigenvalue weighted by atomic mass is 16.3. The van der Waals surface area contributed by atoms with Gasteiger partial charge in [0.25, 0.3) is 5.91 Å². The Hall–Kier alpha value is -3.78. The SMILES string of the molecule is CCC1=NCC(CN(C)C(=O)c2cc(-c3ccc(NCCNC)c(C)n3)nc3ccc(O)cc23)=C1. The van der Waals surface area contributed by atoms with Crippen molar-refractivity contribution in [3.05, 3.63) is 59.3 Å². The molecule has 1 aliphatic heterocycles. The number of phenols is 1. The highest BCUT2D eigenvalue weighted by molar-refractivity contribution is 6.07. The molecule has 0 aliphatic carbocycles. The number of hydrogen-bond donors (Lipinski definition) is 3. The first-order chi connectivity index (χ1) is 16.9. The average Bonchev–Trinajstić information content (AvgIpc) is 3.31. The zero-order chi connectivity index (χ0) is 24.9. The smallest absolute Gasteiger partial charge is 0.254 e. The highest BCUT2D eigenvalue weighted by Crippen LogP contribution is 2.29. The Morgan fingerprint density at radius 3 is 2.66 bits per heavy atom. The minimum Gasteiger partial charge on any atom is -0.508 e. The Morgan fingerprint density at radius 2 is 1.94 bits per heavy atom. The number of nitrogens with one attached hydrogen (secondary N) is 2. The van der Waals surface area contributed by atoms with Crippen molar-refractivity contribution in [3.63, 3.8) is 0 Å². The van der Waals surface area contributed by atoms with Crippen LogP contribution in [0.25, 0.3) is 22.3 Å². The molecule has 1 aromatic carbocycles. The van der Waals surface area contributed by atoms with Crippen LogP contribution in [0.1, 0.15) is 29.4 Å². The number of carbonyl (C=O) groups excluding carboxylic acids is 1. The number of anilines is 1. The number of allylic oxidation sites excluding steroid dienone is 1. The first-order valence-electron chi connectivity index (χ1n) is 11.9. The summed E-state index contributed by atoms with van der Waals surface area (Å²) in [5, 5.41) is 17.2. The van der Waals surface area contributed by atoms with Gasteiger partial charge in [-0.05, 0) is 68.4 Å². The van der Waals surface area contributed by atoms with Crippen LogP contribution in [-0.4, -0.2) is 71.9 Å². The zero-order valence-electron chi connectivity index (χ0n) is 20.7. The zero-order valence-corrected chi connectivity index (χ0v) is 20.7. The van der Waals surface area contributed by atoms with Gasteiger partial charge in [0.05, 0.1) is 40.4 Å². The molecular weight excluding hydrogens is 440 g/mol. The Labute approximate surface area is 205 Å². The van der Waals surface area contributed by atoms with Gasteiger partial charge in [0.15, 0.2) is 0 Å². The van der Waals surface area contributed by atoms with E-state index in [2.05, 4.69) is 28.6 Å². The lowest BCUT2D eigenvalue weighted by Crippen LogP contribution is -2.29. The van der Waals surface area contributed by atoms with E-state index in [1.807, 2.05) is 26.1 Å². The maximum Gasteiger partial charge on any atom is 0.254 e. The number of hydrogen-bond acceptors (Lipinski definition) is 7. The fraction of sp³-hybridized carbons (Fsp3) is 0.333. The largest absolute Gasteiger partial charge is 0.508 e. The number of aromatic hydroxyl groups is 1. The number of pyridine rings is 2.